The van der Waals surface area contributed by atoms with Crippen molar-refractivity contribution in [3.8, 4) is 5.69 Å². The topological polar surface area (TPSA) is 72.3 Å². The Morgan fingerprint density at radius 1 is 1.31 bits per heavy atom. The third-order valence-corrected chi connectivity index (χ3v) is 5.15. The van der Waals surface area contributed by atoms with Gasteiger partial charge in [-0.25, -0.2) is 0 Å². The quantitative estimate of drug-likeness (QED) is 0.740. The lowest BCUT2D eigenvalue weighted by atomic mass is 10.2. The number of morpholine rings is 1. The lowest BCUT2D eigenvalue weighted by molar-refractivity contribution is -0.119. The van der Waals surface area contributed by atoms with Gasteiger partial charge in [-0.2, -0.15) is 0 Å². The van der Waals surface area contributed by atoms with Gasteiger partial charge in [-0.05, 0) is 26.0 Å². The summed E-state index contributed by atoms with van der Waals surface area (Å²) in [6.07, 6.45) is 1.67. The molecule has 1 aliphatic rings. The van der Waals surface area contributed by atoms with Crippen LogP contribution in [0.2, 0.25) is 0 Å². The molecule has 0 spiro atoms. The van der Waals surface area contributed by atoms with E-state index in [0.717, 1.165) is 38.5 Å². The van der Waals surface area contributed by atoms with Crippen molar-refractivity contribution in [1.82, 2.24) is 25.0 Å². The van der Waals surface area contributed by atoms with Crippen LogP contribution < -0.4 is 5.32 Å². The van der Waals surface area contributed by atoms with Gasteiger partial charge in [0.15, 0.2) is 5.16 Å². The molecule has 1 atom stereocenters. The molecule has 0 saturated carbocycles. The van der Waals surface area contributed by atoms with E-state index in [-0.39, 0.29) is 11.9 Å². The van der Waals surface area contributed by atoms with E-state index in [1.165, 1.54) is 17.3 Å². The molecular weight excluding hydrogens is 350 g/mol. The Morgan fingerprint density at radius 2 is 2.04 bits per heavy atom. The van der Waals surface area contributed by atoms with Crippen molar-refractivity contribution in [3.63, 3.8) is 0 Å². The van der Waals surface area contributed by atoms with Crippen LogP contribution in [-0.2, 0) is 9.53 Å². The van der Waals surface area contributed by atoms with Gasteiger partial charge in [-0.3, -0.25) is 14.3 Å². The van der Waals surface area contributed by atoms with Gasteiger partial charge < -0.3 is 10.1 Å². The molecular formula is C18H25N5O2S. The lowest BCUT2D eigenvalue weighted by Crippen LogP contribution is -2.46. The van der Waals surface area contributed by atoms with Gasteiger partial charge in [0.2, 0.25) is 5.91 Å². The van der Waals surface area contributed by atoms with E-state index in [1.807, 2.05) is 42.7 Å². The number of carbonyl (C=O) groups is 1. The number of hydrogen-bond donors (Lipinski definition) is 1. The van der Waals surface area contributed by atoms with Gasteiger partial charge in [0, 0.05) is 31.4 Å². The second-order valence-electron chi connectivity index (χ2n) is 6.49. The van der Waals surface area contributed by atoms with E-state index in [2.05, 4.69) is 20.4 Å². The highest BCUT2D eigenvalue weighted by atomic mass is 32.2. The van der Waals surface area contributed by atoms with Crippen LogP contribution in [0.5, 0.6) is 0 Å². The van der Waals surface area contributed by atoms with E-state index in [1.54, 1.807) is 6.33 Å². The van der Waals surface area contributed by atoms with E-state index >= 15 is 0 Å². The summed E-state index contributed by atoms with van der Waals surface area (Å²) in [7, 11) is 0. The first-order valence-electron chi connectivity index (χ1n) is 8.81. The third-order valence-electron chi connectivity index (χ3n) is 4.20. The van der Waals surface area contributed by atoms with Gasteiger partial charge in [0.25, 0.3) is 0 Å². The van der Waals surface area contributed by atoms with Crippen LogP contribution in [-0.4, -0.2) is 70.2 Å². The van der Waals surface area contributed by atoms with Crippen LogP contribution in [0.1, 0.15) is 12.5 Å². The summed E-state index contributed by atoms with van der Waals surface area (Å²) in [5, 5.41) is 11.9. The zero-order chi connectivity index (χ0) is 18.4. The fraction of sp³-hybridized carbons (Fsp3) is 0.500. The van der Waals surface area contributed by atoms with Crippen molar-refractivity contribution >= 4 is 17.7 Å². The molecule has 1 fully saturated rings. The molecule has 140 valence electrons. The molecule has 3 rings (SSSR count). The van der Waals surface area contributed by atoms with Gasteiger partial charge in [-0.15, -0.1) is 10.2 Å². The summed E-state index contributed by atoms with van der Waals surface area (Å²) in [5.41, 5.74) is 2.19. The Bertz CT molecular complexity index is 713. The maximum atomic E-state index is 12.3. The van der Waals surface area contributed by atoms with Crippen LogP contribution >= 0.6 is 11.8 Å². The number of hydrogen-bond acceptors (Lipinski definition) is 6. The summed E-state index contributed by atoms with van der Waals surface area (Å²) in [5.74, 6) is 0.326. The minimum absolute atomic E-state index is 0.00853. The number of nitrogens with zero attached hydrogens (tertiary/aromatic N) is 4. The predicted octanol–water partition coefficient (Wildman–Crippen LogP) is 1.50. The molecule has 1 aliphatic heterocycles. The maximum Gasteiger partial charge on any atom is 0.230 e. The fourth-order valence-corrected chi connectivity index (χ4v) is 3.61. The summed E-state index contributed by atoms with van der Waals surface area (Å²) < 4.78 is 7.25. The molecule has 7 nitrogen and oxygen atoms in total. The van der Waals surface area contributed by atoms with E-state index < -0.39 is 0 Å². The first-order valence-corrected chi connectivity index (χ1v) is 9.79. The van der Waals surface area contributed by atoms with Gasteiger partial charge in [0.05, 0.1) is 19.0 Å². The van der Waals surface area contributed by atoms with E-state index in [0.29, 0.717) is 10.9 Å². The number of thioether (sulfide) groups is 1. The number of nitrogens with one attached hydrogen (secondary N) is 1. The van der Waals surface area contributed by atoms with Crippen molar-refractivity contribution in [2.45, 2.75) is 25.0 Å². The second kappa shape index (κ2) is 9.16. The zero-order valence-electron chi connectivity index (χ0n) is 15.2. The summed E-state index contributed by atoms with van der Waals surface area (Å²) in [6.45, 7) is 8.32. The average molecular weight is 375 g/mol. The van der Waals surface area contributed by atoms with Crippen LogP contribution in [0.3, 0.4) is 0 Å². The minimum Gasteiger partial charge on any atom is -0.379 e. The fourth-order valence-electron chi connectivity index (χ4n) is 2.87. The molecule has 0 radical (unpaired) electrons. The van der Waals surface area contributed by atoms with Gasteiger partial charge >= 0.3 is 0 Å². The summed E-state index contributed by atoms with van der Waals surface area (Å²) >= 11 is 1.39. The maximum absolute atomic E-state index is 12.3. The number of amides is 1. The predicted molar refractivity (Wildman–Crippen MR) is 102 cm³/mol. The number of benzene rings is 1. The van der Waals surface area contributed by atoms with Crippen LogP contribution in [0, 0.1) is 6.92 Å². The molecule has 1 saturated heterocycles. The Hall–Kier alpha value is -1.90. The molecule has 2 heterocycles. The summed E-state index contributed by atoms with van der Waals surface area (Å²) in [6, 6.07) is 8.24. The van der Waals surface area contributed by atoms with Crippen molar-refractivity contribution in [2.24, 2.45) is 0 Å². The SMILES string of the molecule is Cc1ccc(-n2cnnc2SCC(=O)NC(C)CN2CCOCC2)cc1. The number of aromatic nitrogens is 3. The van der Waals surface area contributed by atoms with Crippen LogP contribution in [0.4, 0.5) is 0 Å². The largest absolute Gasteiger partial charge is 0.379 e. The molecule has 1 N–H and O–H groups in total. The van der Waals surface area contributed by atoms with Crippen LogP contribution in [0.15, 0.2) is 35.7 Å². The molecule has 1 aromatic heterocycles. The number of rotatable bonds is 7. The van der Waals surface area contributed by atoms with E-state index in [4.69, 9.17) is 4.74 Å². The Balaban J connectivity index is 1.49. The highest BCUT2D eigenvalue weighted by Gasteiger charge is 2.16. The standard InChI is InChI=1S/C18H25N5O2S/c1-14-3-5-16(6-4-14)23-13-19-21-18(23)26-12-17(24)20-15(2)11-22-7-9-25-10-8-22/h3-6,13,15H,7-12H2,1-2H3,(H,20,24). The first-order chi connectivity index (χ1) is 12.6. The normalized spacial score (nSPS) is 16.4. The zero-order valence-corrected chi connectivity index (χ0v) is 16.0. The molecule has 8 heteroatoms. The summed E-state index contributed by atoms with van der Waals surface area (Å²) in [4.78, 5) is 14.6. The van der Waals surface area contributed by atoms with E-state index in [9.17, 15) is 4.79 Å². The third kappa shape index (κ3) is 5.30. The molecule has 2 aromatic rings. The molecule has 0 bridgehead atoms. The number of ether oxygens (including phenoxy) is 1. The second-order valence-corrected chi connectivity index (χ2v) is 7.43. The van der Waals surface area contributed by atoms with Gasteiger partial charge in [-0.1, -0.05) is 29.5 Å². The molecule has 0 aliphatic carbocycles. The van der Waals surface area contributed by atoms with Crippen LogP contribution in [0.25, 0.3) is 5.69 Å². The Labute approximate surface area is 158 Å². The van der Waals surface area contributed by atoms with Gasteiger partial charge in [0.1, 0.15) is 6.33 Å². The molecule has 1 amide bonds. The average Bonchev–Trinajstić information content (AvgIpc) is 3.10. The van der Waals surface area contributed by atoms with Crippen molar-refractivity contribution < 1.29 is 9.53 Å². The minimum atomic E-state index is 0.00853. The highest BCUT2D eigenvalue weighted by Crippen LogP contribution is 2.19. The first kappa shape index (κ1) is 18.9. The Morgan fingerprint density at radius 3 is 2.77 bits per heavy atom. The molecule has 1 aromatic carbocycles. The van der Waals surface area contributed by atoms with Crippen molar-refractivity contribution in [1.29, 1.82) is 0 Å². The smallest absolute Gasteiger partial charge is 0.230 e. The number of carbonyl (C=O) groups excluding carboxylic acids is 1. The molecule has 1 unspecified atom stereocenters. The van der Waals surface area contributed by atoms with Crippen molar-refractivity contribution in [2.75, 3.05) is 38.6 Å². The monoisotopic (exact) mass is 375 g/mol. The lowest BCUT2D eigenvalue weighted by Gasteiger charge is -2.29. The number of aryl methyl sites for hydroxylation is 1. The highest BCUT2D eigenvalue weighted by molar-refractivity contribution is 7.99. The molecule has 26 heavy (non-hydrogen) atoms. The van der Waals surface area contributed by atoms with Crippen molar-refractivity contribution in [3.05, 3.63) is 36.2 Å². The Kier molecular flexibility index (Phi) is 6.65.